The Bertz CT molecular complexity index is 748. The number of rotatable bonds is 2. The number of nitro benzene ring substituents is 1. The monoisotopic (exact) mass is 318 g/mol. The molecular formula is C16H22N4O3. The molecule has 1 aromatic heterocycles. The van der Waals surface area contributed by atoms with Crippen molar-refractivity contribution in [2.24, 2.45) is 12.5 Å². The van der Waals surface area contributed by atoms with Crippen molar-refractivity contribution in [2.45, 2.75) is 26.9 Å². The minimum Gasteiger partial charge on any atom is -0.374 e. The zero-order valence-electron chi connectivity index (χ0n) is 13.9. The van der Waals surface area contributed by atoms with Crippen LogP contribution in [0.5, 0.6) is 0 Å². The first-order chi connectivity index (χ1) is 10.8. The van der Waals surface area contributed by atoms with Crippen LogP contribution in [0.3, 0.4) is 0 Å². The van der Waals surface area contributed by atoms with E-state index in [4.69, 9.17) is 4.74 Å². The Morgan fingerprint density at radius 3 is 2.78 bits per heavy atom. The summed E-state index contributed by atoms with van der Waals surface area (Å²) in [5.41, 5.74) is 0.914. The van der Waals surface area contributed by atoms with E-state index in [-0.39, 0.29) is 22.1 Å². The lowest BCUT2D eigenvalue weighted by Gasteiger charge is -2.39. The molecule has 1 aromatic carbocycles. The van der Waals surface area contributed by atoms with Crippen molar-refractivity contribution in [3.05, 3.63) is 28.3 Å². The van der Waals surface area contributed by atoms with Gasteiger partial charge in [0, 0.05) is 37.7 Å². The third-order valence-corrected chi connectivity index (χ3v) is 4.36. The number of morpholine rings is 1. The summed E-state index contributed by atoms with van der Waals surface area (Å²) in [5.74, 6) is 0.870. The summed E-state index contributed by atoms with van der Waals surface area (Å²) in [7, 11) is 1.82. The van der Waals surface area contributed by atoms with Gasteiger partial charge in [-0.3, -0.25) is 14.8 Å². The van der Waals surface area contributed by atoms with Crippen molar-refractivity contribution < 1.29 is 9.66 Å². The van der Waals surface area contributed by atoms with Crippen molar-refractivity contribution >= 4 is 22.4 Å². The molecule has 1 unspecified atom stereocenters. The molecule has 0 N–H and O–H groups in total. The first kappa shape index (κ1) is 15.7. The van der Waals surface area contributed by atoms with Gasteiger partial charge in [-0.05, 0) is 11.5 Å². The molecule has 2 aromatic rings. The predicted octanol–water partition coefficient (Wildman–Crippen LogP) is 2.73. The number of aromatic nitrogens is 2. The Morgan fingerprint density at radius 2 is 2.13 bits per heavy atom. The molecule has 7 heteroatoms. The van der Waals surface area contributed by atoms with Crippen LogP contribution in [-0.2, 0) is 11.8 Å². The molecule has 2 heterocycles. The van der Waals surface area contributed by atoms with Gasteiger partial charge in [0.25, 0.3) is 5.69 Å². The Hall–Kier alpha value is -2.15. The molecule has 1 aliphatic rings. The van der Waals surface area contributed by atoms with E-state index in [0.717, 1.165) is 29.8 Å². The lowest BCUT2D eigenvalue weighted by atomic mass is 9.88. The van der Waals surface area contributed by atoms with E-state index in [2.05, 4.69) is 30.8 Å². The van der Waals surface area contributed by atoms with Crippen LogP contribution in [0.25, 0.3) is 10.9 Å². The van der Waals surface area contributed by atoms with Gasteiger partial charge in [-0.1, -0.05) is 20.8 Å². The Labute approximate surface area is 135 Å². The van der Waals surface area contributed by atoms with Crippen LogP contribution >= 0.6 is 0 Å². The third kappa shape index (κ3) is 2.88. The number of aryl methyl sites for hydroxylation is 1. The fourth-order valence-electron chi connectivity index (χ4n) is 2.94. The molecule has 0 amide bonds. The summed E-state index contributed by atoms with van der Waals surface area (Å²) in [5, 5.41) is 16.5. The van der Waals surface area contributed by atoms with Crippen molar-refractivity contribution in [1.29, 1.82) is 0 Å². The number of ether oxygens (including phenoxy) is 1. The summed E-state index contributed by atoms with van der Waals surface area (Å²) >= 11 is 0. The van der Waals surface area contributed by atoms with Gasteiger partial charge < -0.3 is 9.64 Å². The SMILES string of the molecule is Cn1nc(N2CCOC(C(C)(C)C)C2)c2ccc([N+](=O)[O-])cc21. The van der Waals surface area contributed by atoms with Crippen molar-refractivity contribution in [3.8, 4) is 0 Å². The molecule has 23 heavy (non-hydrogen) atoms. The molecule has 7 nitrogen and oxygen atoms in total. The highest BCUT2D eigenvalue weighted by Gasteiger charge is 2.32. The van der Waals surface area contributed by atoms with Gasteiger partial charge >= 0.3 is 0 Å². The van der Waals surface area contributed by atoms with Crippen LogP contribution in [-0.4, -0.2) is 40.5 Å². The second-order valence-corrected chi connectivity index (χ2v) is 7.08. The van der Waals surface area contributed by atoms with Crippen LogP contribution in [0.4, 0.5) is 11.5 Å². The molecule has 124 valence electrons. The van der Waals surface area contributed by atoms with E-state index >= 15 is 0 Å². The van der Waals surface area contributed by atoms with Gasteiger partial charge in [0.15, 0.2) is 5.82 Å². The summed E-state index contributed by atoms with van der Waals surface area (Å²) in [6, 6.07) is 4.90. The van der Waals surface area contributed by atoms with Crippen LogP contribution in [0.15, 0.2) is 18.2 Å². The van der Waals surface area contributed by atoms with Gasteiger partial charge in [-0.15, -0.1) is 0 Å². The molecule has 1 fully saturated rings. The van der Waals surface area contributed by atoms with Crippen molar-refractivity contribution in [1.82, 2.24) is 9.78 Å². The standard InChI is InChI=1S/C16H22N4O3/c1-16(2,3)14-10-19(7-8-23-14)15-12-6-5-11(20(21)22)9-13(12)18(4)17-15/h5-6,9,14H,7-8,10H2,1-4H3. The fraction of sp³-hybridized carbons (Fsp3) is 0.562. The van der Waals surface area contributed by atoms with E-state index in [0.29, 0.717) is 6.61 Å². The number of hydrogen-bond acceptors (Lipinski definition) is 5. The number of non-ortho nitro benzene ring substituents is 1. The lowest BCUT2D eigenvalue weighted by Crippen LogP contribution is -2.48. The molecule has 3 rings (SSSR count). The van der Waals surface area contributed by atoms with Crippen LogP contribution < -0.4 is 4.90 Å². The van der Waals surface area contributed by atoms with Gasteiger partial charge in [0.2, 0.25) is 0 Å². The molecule has 0 bridgehead atoms. The maximum Gasteiger partial charge on any atom is 0.271 e. The molecule has 0 saturated carbocycles. The Morgan fingerprint density at radius 1 is 1.39 bits per heavy atom. The highest BCUT2D eigenvalue weighted by molar-refractivity contribution is 5.92. The average molecular weight is 318 g/mol. The Kier molecular flexibility index (Phi) is 3.75. The minimum absolute atomic E-state index is 0.0576. The van der Waals surface area contributed by atoms with E-state index in [9.17, 15) is 10.1 Å². The van der Waals surface area contributed by atoms with E-state index < -0.39 is 0 Å². The highest BCUT2D eigenvalue weighted by Crippen LogP contribution is 2.32. The summed E-state index contributed by atoms with van der Waals surface area (Å²) < 4.78 is 7.61. The zero-order valence-corrected chi connectivity index (χ0v) is 13.9. The van der Waals surface area contributed by atoms with Gasteiger partial charge in [0.1, 0.15) is 0 Å². The van der Waals surface area contributed by atoms with Crippen molar-refractivity contribution in [2.75, 3.05) is 24.6 Å². The minimum atomic E-state index is -0.378. The normalized spacial score (nSPS) is 19.3. The molecule has 0 spiro atoms. The number of nitrogens with zero attached hydrogens (tertiary/aromatic N) is 4. The van der Waals surface area contributed by atoms with Crippen LogP contribution in [0.1, 0.15) is 20.8 Å². The van der Waals surface area contributed by atoms with E-state index in [1.165, 1.54) is 6.07 Å². The van der Waals surface area contributed by atoms with Crippen LogP contribution in [0, 0.1) is 15.5 Å². The van der Waals surface area contributed by atoms with Crippen molar-refractivity contribution in [3.63, 3.8) is 0 Å². The molecule has 0 aliphatic carbocycles. The quantitative estimate of drug-likeness (QED) is 0.629. The number of hydrogen-bond donors (Lipinski definition) is 0. The smallest absolute Gasteiger partial charge is 0.271 e. The molecule has 1 saturated heterocycles. The molecule has 1 atom stereocenters. The first-order valence-corrected chi connectivity index (χ1v) is 7.75. The summed E-state index contributed by atoms with van der Waals surface area (Å²) in [6.45, 7) is 8.71. The average Bonchev–Trinajstić information content (AvgIpc) is 2.83. The zero-order chi connectivity index (χ0) is 16.8. The predicted molar refractivity (Wildman–Crippen MR) is 88.8 cm³/mol. The number of nitro groups is 1. The van der Waals surface area contributed by atoms with Gasteiger partial charge in [-0.2, -0.15) is 5.10 Å². The van der Waals surface area contributed by atoms with Gasteiger partial charge in [0.05, 0.1) is 23.2 Å². The molecular weight excluding hydrogens is 296 g/mol. The molecule has 0 radical (unpaired) electrons. The summed E-state index contributed by atoms with van der Waals surface area (Å²) in [6.07, 6.45) is 0.131. The maximum absolute atomic E-state index is 11.0. The fourth-order valence-corrected chi connectivity index (χ4v) is 2.94. The topological polar surface area (TPSA) is 73.4 Å². The van der Waals surface area contributed by atoms with Crippen LogP contribution in [0.2, 0.25) is 0 Å². The lowest BCUT2D eigenvalue weighted by molar-refractivity contribution is -0.384. The van der Waals surface area contributed by atoms with E-state index in [1.807, 2.05) is 7.05 Å². The van der Waals surface area contributed by atoms with E-state index in [1.54, 1.807) is 16.8 Å². The number of benzene rings is 1. The highest BCUT2D eigenvalue weighted by atomic mass is 16.6. The summed E-state index contributed by atoms with van der Waals surface area (Å²) in [4.78, 5) is 12.8. The first-order valence-electron chi connectivity index (χ1n) is 7.75. The largest absolute Gasteiger partial charge is 0.374 e. The van der Waals surface area contributed by atoms with Gasteiger partial charge in [-0.25, -0.2) is 0 Å². The number of anilines is 1. The third-order valence-electron chi connectivity index (χ3n) is 4.36. The second kappa shape index (κ2) is 5.49. The number of fused-ring (bicyclic) bond motifs is 1. The Balaban J connectivity index is 1.98. The second-order valence-electron chi connectivity index (χ2n) is 7.08. The maximum atomic E-state index is 11.0. The molecule has 1 aliphatic heterocycles.